The molecular weight excluding hydrogens is 294 g/mol. The summed E-state index contributed by atoms with van der Waals surface area (Å²) in [7, 11) is 0. The third-order valence-electron chi connectivity index (χ3n) is 4.14. The van der Waals surface area contributed by atoms with Crippen LogP contribution in [0.1, 0.15) is 21.5 Å². The maximum absolute atomic E-state index is 11.5. The largest absolute Gasteiger partial charge is 0.423 e. The zero-order valence-corrected chi connectivity index (χ0v) is 12.3. The van der Waals surface area contributed by atoms with E-state index < -0.39 is 5.91 Å². The Labute approximate surface area is 132 Å². The summed E-state index contributed by atoms with van der Waals surface area (Å²) in [6.45, 7) is 1.60. The lowest BCUT2D eigenvalue weighted by atomic mass is 10.0. The molecule has 2 N–H and O–H groups in total. The van der Waals surface area contributed by atoms with Gasteiger partial charge in [0.1, 0.15) is 5.52 Å². The minimum atomic E-state index is -0.566. The highest BCUT2D eigenvalue weighted by atomic mass is 16.5. The lowest BCUT2D eigenvalue weighted by Crippen LogP contribution is -2.30. The summed E-state index contributed by atoms with van der Waals surface area (Å²) in [5, 5.41) is 8.71. The molecule has 0 spiro atoms. The second-order valence-electron chi connectivity index (χ2n) is 5.56. The van der Waals surface area contributed by atoms with E-state index in [1.165, 1.54) is 11.1 Å². The predicted octanol–water partition coefficient (Wildman–Crippen LogP) is 2.51. The first-order valence-electron chi connectivity index (χ1n) is 7.41. The summed E-state index contributed by atoms with van der Waals surface area (Å²) in [6.07, 6.45) is 0.951. The van der Waals surface area contributed by atoms with E-state index in [0.717, 1.165) is 19.5 Å². The molecule has 6 heteroatoms. The van der Waals surface area contributed by atoms with Gasteiger partial charge in [-0.15, -0.1) is 0 Å². The molecule has 2 heterocycles. The van der Waals surface area contributed by atoms with Gasteiger partial charge < -0.3 is 9.32 Å². The molecule has 0 radical (unpaired) electrons. The molecular formula is C17H15N3O3. The van der Waals surface area contributed by atoms with Crippen molar-refractivity contribution in [2.45, 2.75) is 13.0 Å². The zero-order chi connectivity index (χ0) is 15.8. The number of oxazole rings is 1. The normalized spacial score (nSPS) is 13.9. The van der Waals surface area contributed by atoms with Crippen LogP contribution < -0.4 is 10.4 Å². The number of hydrogen-bond acceptors (Lipinski definition) is 5. The van der Waals surface area contributed by atoms with Crippen molar-refractivity contribution in [2.24, 2.45) is 0 Å². The van der Waals surface area contributed by atoms with Gasteiger partial charge in [0.25, 0.3) is 11.9 Å². The maximum Gasteiger partial charge on any atom is 0.298 e. The Morgan fingerprint density at radius 2 is 2.04 bits per heavy atom. The number of anilines is 1. The SMILES string of the molecule is O=C(NO)c1ccc2oc(N3CCc4ccccc4C3)nc2c1. The van der Waals surface area contributed by atoms with Gasteiger partial charge in [0.15, 0.2) is 5.58 Å². The summed E-state index contributed by atoms with van der Waals surface area (Å²) < 4.78 is 5.81. The molecule has 6 nitrogen and oxygen atoms in total. The number of hydrogen-bond donors (Lipinski definition) is 2. The second kappa shape index (κ2) is 5.40. The Hall–Kier alpha value is -2.86. The molecule has 1 aromatic heterocycles. The van der Waals surface area contributed by atoms with Crippen LogP contribution in [0.15, 0.2) is 46.9 Å². The highest BCUT2D eigenvalue weighted by Crippen LogP contribution is 2.27. The van der Waals surface area contributed by atoms with Gasteiger partial charge in [0, 0.05) is 18.7 Å². The Morgan fingerprint density at radius 3 is 2.87 bits per heavy atom. The van der Waals surface area contributed by atoms with Crippen LogP contribution in [0.25, 0.3) is 11.1 Å². The van der Waals surface area contributed by atoms with E-state index in [9.17, 15) is 4.79 Å². The van der Waals surface area contributed by atoms with E-state index in [1.54, 1.807) is 23.7 Å². The summed E-state index contributed by atoms with van der Waals surface area (Å²) >= 11 is 0. The van der Waals surface area contributed by atoms with Crippen LogP contribution in [-0.4, -0.2) is 22.6 Å². The van der Waals surface area contributed by atoms with E-state index in [1.807, 2.05) is 6.07 Å². The number of aromatic nitrogens is 1. The third kappa shape index (κ3) is 2.43. The number of amides is 1. The van der Waals surface area contributed by atoms with Crippen LogP contribution in [0.5, 0.6) is 0 Å². The Kier molecular flexibility index (Phi) is 3.24. The van der Waals surface area contributed by atoms with Crippen LogP contribution in [0.4, 0.5) is 6.01 Å². The predicted molar refractivity (Wildman–Crippen MR) is 84.5 cm³/mol. The van der Waals surface area contributed by atoms with Gasteiger partial charge >= 0.3 is 0 Å². The van der Waals surface area contributed by atoms with Gasteiger partial charge in [-0.2, -0.15) is 4.98 Å². The van der Waals surface area contributed by atoms with Crippen molar-refractivity contribution in [3.8, 4) is 0 Å². The first kappa shape index (κ1) is 13.8. The van der Waals surface area contributed by atoms with Crippen LogP contribution in [0.3, 0.4) is 0 Å². The van der Waals surface area contributed by atoms with Gasteiger partial charge in [-0.3, -0.25) is 10.0 Å². The molecule has 1 aliphatic heterocycles. The molecule has 23 heavy (non-hydrogen) atoms. The molecule has 0 unspecified atom stereocenters. The maximum atomic E-state index is 11.5. The van der Waals surface area contributed by atoms with E-state index in [2.05, 4.69) is 28.1 Å². The summed E-state index contributed by atoms with van der Waals surface area (Å²) in [5.74, 6) is -0.566. The number of benzene rings is 2. The number of fused-ring (bicyclic) bond motifs is 2. The van der Waals surface area contributed by atoms with E-state index in [-0.39, 0.29) is 0 Å². The molecule has 0 saturated heterocycles. The Balaban J connectivity index is 1.66. The first-order chi connectivity index (χ1) is 11.2. The summed E-state index contributed by atoms with van der Waals surface area (Å²) in [6, 6.07) is 13.8. The molecule has 2 aromatic carbocycles. The molecule has 1 amide bonds. The number of hydroxylamine groups is 1. The van der Waals surface area contributed by atoms with Crippen molar-refractivity contribution in [3.05, 3.63) is 59.2 Å². The Morgan fingerprint density at radius 1 is 1.22 bits per heavy atom. The lowest BCUT2D eigenvalue weighted by molar-refractivity contribution is 0.0706. The van der Waals surface area contributed by atoms with Crippen molar-refractivity contribution in [1.29, 1.82) is 0 Å². The second-order valence-corrected chi connectivity index (χ2v) is 5.56. The minimum Gasteiger partial charge on any atom is -0.423 e. The average Bonchev–Trinajstić information content (AvgIpc) is 3.03. The lowest BCUT2D eigenvalue weighted by Gasteiger charge is -2.27. The molecule has 0 fully saturated rings. The molecule has 0 atom stereocenters. The molecule has 3 aromatic rings. The van der Waals surface area contributed by atoms with E-state index in [4.69, 9.17) is 9.62 Å². The van der Waals surface area contributed by atoms with Gasteiger partial charge in [-0.1, -0.05) is 24.3 Å². The summed E-state index contributed by atoms with van der Waals surface area (Å²) in [4.78, 5) is 18.0. The molecule has 4 rings (SSSR count). The standard InChI is InChI=1S/C17H15N3O3/c21-16(19-22)12-5-6-15-14(9-12)18-17(23-15)20-8-7-11-3-1-2-4-13(11)10-20/h1-6,9,22H,7-8,10H2,(H,19,21). The number of carbonyl (C=O) groups is 1. The topological polar surface area (TPSA) is 78.6 Å². The van der Waals surface area contributed by atoms with Crippen LogP contribution >= 0.6 is 0 Å². The smallest absolute Gasteiger partial charge is 0.298 e. The van der Waals surface area contributed by atoms with Crippen LogP contribution in [-0.2, 0) is 13.0 Å². The first-order valence-corrected chi connectivity index (χ1v) is 7.41. The van der Waals surface area contributed by atoms with Gasteiger partial charge in [-0.05, 0) is 35.7 Å². The third-order valence-corrected chi connectivity index (χ3v) is 4.14. The van der Waals surface area contributed by atoms with E-state index in [0.29, 0.717) is 22.7 Å². The van der Waals surface area contributed by atoms with Gasteiger partial charge in [0.2, 0.25) is 0 Å². The monoisotopic (exact) mass is 309 g/mol. The van der Waals surface area contributed by atoms with Gasteiger partial charge in [-0.25, -0.2) is 5.48 Å². The molecule has 0 bridgehead atoms. The van der Waals surface area contributed by atoms with E-state index >= 15 is 0 Å². The summed E-state index contributed by atoms with van der Waals surface area (Å²) in [5.41, 5.74) is 5.81. The molecule has 116 valence electrons. The fraction of sp³-hybridized carbons (Fsp3) is 0.176. The van der Waals surface area contributed by atoms with Crippen LogP contribution in [0, 0.1) is 0 Å². The number of carbonyl (C=O) groups excluding carboxylic acids is 1. The fourth-order valence-corrected chi connectivity index (χ4v) is 2.92. The molecule has 0 saturated carbocycles. The number of nitrogens with one attached hydrogen (secondary N) is 1. The highest BCUT2D eigenvalue weighted by Gasteiger charge is 2.20. The molecule has 0 aliphatic carbocycles. The zero-order valence-electron chi connectivity index (χ0n) is 12.3. The van der Waals surface area contributed by atoms with Crippen molar-refractivity contribution < 1.29 is 14.4 Å². The fourth-order valence-electron chi connectivity index (χ4n) is 2.92. The van der Waals surface area contributed by atoms with Gasteiger partial charge in [0.05, 0.1) is 0 Å². The highest BCUT2D eigenvalue weighted by molar-refractivity contribution is 5.96. The Bertz CT molecular complexity index is 888. The number of nitrogens with zero attached hydrogens (tertiary/aromatic N) is 2. The quantitative estimate of drug-likeness (QED) is 0.562. The van der Waals surface area contributed by atoms with Crippen LogP contribution in [0.2, 0.25) is 0 Å². The van der Waals surface area contributed by atoms with Crippen molar-refractivity contribution in [3.63, 3.8) is 0 Å². The minimum absolute atomic E-state index is 0.337. The number of rotatable bonds is 2. The average molecular weight is 309 g/mol. The van der Waals surface area contributed by atoms with Crippen molar-refractivity contribution in [2.75, 3.05) is 11.4 Å². The van der Waals surface area contributed by atoms with Crippen molar-refractivity contribution >= 4 is 23.0 Å². The van der Waals surface area contributed by atoms with Crippen molar-refractivity contribution in [1.82, 2.24) is 10.5 Å². The molecule has 1 aliphatic rings.